The third-order valence-electron chi connectivity index (χ3n) is 3.17. The van der Waals surface area contributed by atoms with Crippen LogP contribution in [0.2, 0.25) is 0 Å². The fraction of sp³-hybridized carbons (Fsp3) is 0.417. The minimum absolute atomic E-state index is 0. The zero-order valence-electron chi connectivity index (χ0n) is 11.1. The first kappa shape index (κ1) is 16.9. The molecule has 0 unspecified atom stereocenters. The highest BCUT2D eigenvalue weighted by Crippen LogP contribution is 2.20. The van der Waals surface area contributed by atoms with Crippen LogP contribution in [-0.2, 0) is 10.0 Å². The second-order valence-corrected chi connectivity index (χ2v) is 6.45. The number of hydrogen-bond acceptors (Lipinski definition) is 4. The molecule has 6 nitrogen and oxygen atoms in total. The molecule has 1 aliphatic heterocycles. The summed E-state index contributed by atoms with van der Waals surface area (Å²) in [5.74, 6) is -0.243. The van der Waals surface area contributed by atoms with Gasteiger partial charge in [-0.2, -0.15) is 4.31 Å². The van der Waals surface area contributed by atoms with E-state index in [1.165, 1.54) is 35.6 Å². The molecule has 0 aromatic heterocycles. The van der Waals surface area contributed by atoms with Crippen LogP contribution in [0.1, 0.15) is 16.8 Å². The molecule has 8 heteroatoms. The monoisotopic (exact) mass is 319 g/mol. The third kappa shape index (κ3) is 3.29. The molecular formula is C12H18ClN3O3S. The molecule has 1 atom stereocenters. The maximum Gasteiger partial charge on any atom is 0.251 e. The van der Waals surface area contributed by atoms with Crippen LogP contribution >= 0.6 is 12.4 Å². The van der Waals surface area contributed by atoms with E-state index in [9.17, 15) is 13.2 Å². The van der Waals surface area contributed by atoms with E-state index in [-0.39, 0.29) is 29.3 Å². The number of rotatable bonds is 3. The van der Waals surface area contributed by atoms with Crippen molar-refractivity contribution in [1.82, 2.24) is 9.62 Å². The van der Waals surface area contributed by atoms with Gasteiger partial charge in [0, 0.05) is 31.7 Å². The number of sulfonamides is 1. The molecule has 0 aliphatic carbocycles. The van der Waals surface area contributed by atoms with Crippen molar-refractivity contribution in [2.24, 2.45) is 5.73 Å². The Balaban J connectivity index is 0.00000200. The van der Waals surface area contributed by atoms with Gasteiger partial charge in [0.25, 0.3) is 5.91 Å². The lowest BCUT2D eigenvalue weighted by molar-refractivity contribution is 0.0963. The summed E-state index contributed by atoms with van der Waals surface area (Å²) in [6, 6.07) is 5.80. The Morgan fingerprint density at radius 2 is 1.95 bits per heavy atom. The predicted molar refractivity (Wildman–Crippen MR) is 78.4 cm³/mol. The fourth-order valence-corrected chi connectivity index (χ4v) is 3.56. The van der Waals surface area contributed by atoms with Gasteiger partial charge < -0.3 is 11.1 Å². The Morgan fingerprint density at radius 3 is 2.40 bits per heavy atom. The summed E-state index contributed by atoms with van der Waals surface area (Å²) in [5, 5.41) is 2.49. The molecule has 0 bridgehead atoms. The second-order valence-electron chi connectivity index (χ2n) is 4.52. The molecule has 3 N–H and O–H groups in total. The van der Waals surface area contributed by atoms with Crippen molar-refractivity contribution in [3.8, 4) is 0 Å². The molecule has 1 heterocycles. The van der Waals surface area contributed by atoms with Crippen LogP contribution in [0.15, 0.2) is 29.2 Å². The molecule has 2 rings (SSSR count). The van der Waals surface area contributed by atoms with Crippen LogP contribution in [0.3, 0.4) is 0 Å². The molecule has 1 aromatic carbocycles. The summed E-state index contributed by atoms with van der Waals surface area (Å²) < 4.78 is 26.0. The Morgan fingerprint density at radius 1 is 1.35 bits per heavy atom. The summed E-state index contributed by atoms with van der Waals surface area (Å²) in [4.78, 5) is 11.6. The molecule has 1 amide bonds. The third-order valence-corrected chi connectivity index (χ3v) is 5.05. The number of hydrogen-bond donors (Lipinski definition) is 2. The van der Waals surface area contributed by atoms with Gasteiger partial charge in [-0.25, -0.2) is 8.42 Å². The van der Waals surface area contributed by atoms with E-state index in [0.29, 0.717) is 25.1 Å². The highest BCUT2D eigenvalue weighted by molar-refractivity contribution is 7.89. The van der Waals surface area contributed by atoms with E-state index in [0.717, 1.165) is 0 Å². The van der Waals surface area contributed by atoms with Crippen molar-refractivity contribution in [2.45, 2.75) is 17.4 Å². The van der Waals surface area contributed by atoms with E-state index in [4.69, 9.17) is 5.73 Å². The van der Waals surface area contributed by atoms with Gasteiger partial charge >= 0.3 is 0 Å². The molecule has 112 valence electrons. The van der Waals surface area contributed by atoms with Gasteiger partial charge in [0.2, 0.25) is 10.0 Å². The zero-order valence-corrected chi connectivity index (χ0v) is 12.7. The average molecular weight is 320 g/mol. The molecule has 0 radical (unpaired) electrons. The summed E-state index contributed by atoms with van der Waals surface area (Å²) in [6.45, 7) is 0.792. The number of carbonyl (C=O) groups is 1. The van der Waals surface area contributed by atoms with Crippen LogP contribution in [0.5, 0.6) is 0 Å². The van der Waals surface area contributed by atoms with Crippen molar-refractivity contribution in [3.63, 3.8) is 0 Å². The molecule has 1 saturated heterocycles. The number of nitrogens with zero attached hydrogens (tertiary/aromatic N) is 1. The number of benzene rings is 1. The van der Waals surface area contributed by atoms with Crippen molar-refractivity contribution in [1.29, 1.82) is 0 Å². The molecule has 20 heavy (non-hydrogen) atoms. The highest BCUT2D eigenvalue weighted by Gasteiger charge is 2.30. The Kier molecular flexibility index (Phi) is 5.52. The maximum absolute atomic E-state index is 12.3. The first-order chi connectivity index (χ1) is 8.95. The summed E-state index contributed by atoms with van der Waals surface area (Å²) in [6.07, 6.45) is 0.676. The lowest BCUT2D eigenvalue weighted by Crippen LogP contribution is -2.32. The Bertz CT molecular complexity index is 574. The number of amides is 1. The van der Waals surface area contributed by atoms with Crippen LogP contribution < -0.4 is 11.1 Å². The zero-order chi connectivity index (χ0) is 14.0. The highest BCUT2D eigenvalue weighted by atomic mass is 35.5. The summed E-state index contributed by atoms with van der Waals surface area (Å²) in [5.41, 5.74) is 6.15. The van der Waals surface area contributed by atoms with E-state index < -0.39 is 10.0 Å². The van der Waals surface area contributed by atoms with Gasteiger partial charge in [-0.15, -0.1) is 12.4 Å². The smallest absolute Gasteiger partial charge is 0.251 e. The summed E-state index contributed by atoms with van der Waals surface area (Å²) >= 11 is 0. The normalized spacial score (nSPS) is 19.4. The van der Waals surface area contributed by atoms with Crippen molar-refractivity contribution < 1.29 is 13.2 Å². The van der Waals surface area contributed by atoms with Crippen LogP contribution in [-0.4, -0.2) is 44.8 Å². The first-order valence-corrected chi connectivity index (χ1v) is 7.47. The second kappa shape index (κ2) is 6.53. The predicted octanol–water partition coefficient (Wildman–Crippen LogP) is 0.190. The van der Waals surface area contributed by atoms with Crippen LogP contribution in [0.4, 0.5) is 0 Å². The van der Waals surface area contributed by atoms with Crippen molar-refractivity contribution in [2.75, 3.05) is 20.1 Å². The standard InChI is InChI=1S/C12H17N3O3S.ClH/c1-14-12(16)9-2-4-11(5-3-9)19(17,18)15-7-6-10(13)8-15;/h2-5,10H,6-8,13H2,1H3,(H,14,16);1H/t10-;/m1./s1. The molecule has 1 aliphatic rings. The van der Waals surface area contributed by atoms with E-state index in [1.807, 2.05) is 0 Å². The topological polar surface area (TPSA) is 92.5 Å². The minimum atomic E-state index is -3.50. The van der Waals surface area contributed by atoms with Crippen LogP contribution in [0.25, 0.3) is 0 Å². The number of halogens is 1. The average Bonchev–Trinajstić information content (AvgIpc) is 2.85. The molecule has 0 spiro atoms. The van der Waals surface area contributed by atoms with Gasteiger partial charge in [-0.05, 0) is 30.7 Å². The summed E-state index contributed by atoms with van der Waals surface area (Å²) in [7, 11) is -1.97. The first-order valence-electron chi connectivity index (χ1n) is 6.03. The largest absolute Gasteiger partial charge is 0.355 e. The van der Waals surface area contributed by atoms with Gasteiger partial charge in [0.1, 0.15) is 0 Å². The van der Waals surface area contributed by atoms with E-state index >= 15 is 0 Å². The molecule has 1 fully saturated rings. The lowest BCUT2D eigenvalue weighted by atomic mass is 10.2. The fourth-order valence-electron chi connectivity index (χ4n) is 2.04. The lowest BCUT2D eigenvalue weighted by Gasteiger charge is -2.16. The molecule has 1 aromatic rings. The maximum atomic E-state index is 12.3. The molecule has 0 saturated carbocycles. The Labute approximate surface area is 124 Å². The molecular weight excluding hydrogens is 302 g/mol. The van der Waals surface area contributed by atoms with E-state index in [2.05, 4.69) is 5.32 Å². The minimum Gasteiger partial charge on any atom is -0.355 e. The quantitative estimate of drug-likeness (QED) is 0.832. The van der Waals surface area contributed by atoms with Gasteiger partial charge in [0.15, 0.2) is 0 Å². The number of nitrogens with one attached hydrogen (secondary N) is 1. The SMILES string of the molecule is CNC(=O)c1ccc(S(=O)(=O)N2CC[C@@H](N)C2)cc1.Cl. The van der Waals surface area contributed by atoms with Crippen molar-refractivity contribution >= 4 is 28.3 Å². The van der Waals surface area contributed by atoms with Gasteiger partial charge in [-0.3, -0.25) is 4.79 Å². The van der Waals surface area contributed by atoms with Gasteiger partial charge in [-0.1, -0.05) is 0 Å². The number of carbonyl (C=O) groups excluding carboxylic acids is 1. The van der Waals surface area contributed by atoms with Crippen molar-refractivity contribution in [3.05, 3.63) is 29.8 Å². The van der Waals surface area contributed by atoms with E-state index in [1.54, 1.807) is 0 Å². The van der Waals surface area contributed by atoms with Crippen LogP contribution in [0, 0.1) is 0 Å². The number of nitrogens with two attached hydrogens (primary N) is 1. The van der Waals surface area contributed by atoms with Gasteiger partial charge in [0.05, 0.1) is 4.90 Å². The Hall–Kier alpha value is -1.15.